The molecule has 96 valence electrons. The van der Waals surface area contributed by atoms with Crippen LogP contribution in [0.4, 0.5) is 0 Å². The molecule has 0 aliphatic heterocycles. The molecular formula is C10H14N6OS. The van der Waals surface area contributed by atoms with Crippen molar-refractivity contribution in [2.45, 2.75) is 30.5 Å². The van der Waals surface area contributed by atoms with Gasteiger partial charge in [0.25, 0.3) is 0 Å². The number of aryl methyl sites for hydroxylation is 1. The van der Waals surface area contributed by atoms with Crippen LogP contribution < -0.4 is 5.32 Å². The van der Waals surface area contributed by atoms with Crippen LogP contribution in [0.15, 0.2) is 5.16 Å². The third-order valence-electron chi connectivity index (χ3n) is 2.94. The molecule has 1 heterocycles. The molecule has 18 heavy (non-hydrogen) atoms. The maximum atomic E-state index is 11.8. The monoisotopic (exact) mass is 266 g/mol. The molecule has 2 rings (SSSR count). The van der Waals surface area contributed by atoms with Crippen molar-refractivity contribution >= 4 is 17.7 Å². The lowest BCUT2D eigenvalue weighted by molar-refractivity contribution is -0.119. The van der Waals surface area contributed by atoms with E-state index in [2.05, 4.69) is 26.9 Å². The molecule has 1 aromatic rings. The van der Waals surface area contributed by atoms with Crippen LogP contribution >= 0.6 is 11.8 Å². The van der Waals surface area contributed by atoms with Crippen molar-refractivity contribution in [2.24, 2.45) is 13.0 Å². The molecule has 0 radical (unpaired) electrons. The van der Waals surface area contributed by atoms with Gasteiger partial charge in [0.15, 0.2) is 0 Å². The van der Waals surface area contributed by atoms with Crippen molar-refractivity contribution < 1.29 is 4.79 Å². The summed E-state index contributed by atoms with van der Waals surface area (Å²) in [5.74, 6) is 0.324. The molecule has 0 aromatic carbocycles. The zero-order valence-corrected chi connectivity index (χ0v) is 11.1. The Labute approximate surface area is 109 Å². The first-order valence-corrected chi connectivity index (χ1v) is 6.61. The maximum Gasteiger partial charge on any atom is 0.231 e. The number of aromatic nitrogens is 4. The molecule has 0 spiro atoms. The van der Waals surface area contributed by atoms with E-state index in [0.29, 0.717) is 5.16 Å². The van der Waals surface area contributed by atoms with Gasteiger partial charge in [-0.3, -0.25) is 4.79 Å². The van der Waals surface area contributed by atoms with Crippen LogP contribution in [0, 0.1) is 17.2 Å². The topological polar surface area (TPSA) is 96.5 Å². The fourth-order valence-electron chi connectivity index (χ4n) is 1.68. The van der Waals surface area contributed by atoms with Crippen molar-refractivity contribution in [3.8, 4) is 6.07 Å². The Hall–Kier alpha value is -1.62. The average molecular weight is 266 g/mol. The minimum atomic E-state index is -0.740. The standard InChI is InChI=1S/C10H14N6OS/c1-10(6-11,7-3-4-7)12-8(17)5-18-9-13-14-15-16(9)2/h7H,3-5H2,1-2H3,(H,12,17)/t10-/m0/s1. The molecule has 0 unspecified atom stereocenters. The number of nitriles is 1. The van der Waals surface area contributed by atoms with Crippen LogP contribution in [0.25, 0.3) is 0 Å². The Morgan fingerprint density at radius 3 is 2.94 bits per heavy atom. The normalized spacial score (nSPS) is 17.8. The summed E-state index contributed by atoms with van der Waals surface area (Å²) in [7, 11) is 1.71. The lowest BCUT2D eigenvalue weighted by Gasteiger charge is -2.22. The smallest absolute Gasteiger partial charge is 0.231 e. The van der Waals surface area contributed by atoms with E-state index in [0.717, 1.165) is 12.8 Å². The highest BCUT2D eigenvalue weighted by molar-refractivity contribution is 7.99. The van der Waals surface area contributed by atoms with Gasteiger partial charge in [-0.05, 0) is 36.1 Å². The summed E-state index contributed by atoms with van der Waals surface area (Å²) in [5.41, 5.74) is -0.740. The molecule has 1 aliphatic carbocycles. The van der Waals surface area contributed by atoms with Gasteiger partial charge in [0.2, 0.25) is 11.1 Å². The van der Waals surface area contributed by atoms with Gasteiger partial charge < -0.3 is 5.32 Å². The summed E-state index contributed by atoms with van der Waals surface area (Å²) >= 11 is 1.25. The number of amides is 1. The summed E-state index contributed by atoms with van der Waals surface area (Å²) < 4.78 is 1.50. The second kappa shape index (κ2) is 4.94. The van der Waals surface area contributed by atoms with Crippen molar-refractivity contribution in [1.29, 1.82) is 5.26 Å². The van der Waals surface area contributed by atoms with Gasteiger partial charge in [-0.25, -0.2) is 4.68 Å². The van der Waals surface area contributed by atoms with E-state index in [1.165, 1.54) is 16.4 Å². The first-order chi connectivity index (χ1) is 8.55. The Balaban J connectivity index is 1.86. The summed E-state index contributed by atoms with van der Waals surface area (Å²) in [6.45, 7) is 1.77. The number of carbonyl (C=O) groups excluding carboxylic acids is 1. The molecule has 1 aliphatic rings. The summed E-state index contributed by atoms with van der Waals surface area (Å²) in [4.78, 5) is 11.8. The quantitative estimate of drug-likeness (QED) is 0.760. The summed E-state index contributed by atoms with van der Waals surface area (Å²) in [6, 6.07) is 2.19. The van der Waals surface area contributed by atoms with E-state index in [-0.39, 0.29) is 17.6 Å². The Bertz CT molecular complexity index is 491. The highest BCUT2D eigenvalue weighted by atomic mass is 32.2. The number of carbonyl (C=O) groups is 1. The van der Waals surface area contributed by atoms with Crippen molar-refractivity contribution in [1.82, 2.24) is 25.5 Å². The second-order valence-corrected chi connectivity index (χ2v) is 5.45. The number of rotatable bonds is 5. The van der Waals surface area contributed by atoms with E-state index in [1.807, 2.05) is 0 Å². The number of hydrogen-bond donors (Lipinski definition) is 1. The molecule has 1 N–H and O–H groups in total. The van der Waals surface area contributed by atoms with Crippen molar-refractivity contribution in [3.05, 3.63) is 0 Å². The van der Waals surface area contributed by atoms with E-state index in [4.69, 9.17) is 5.26 Å². The highest BCUT2D eigenvalue weighted by Crippen LogP contribution is 2.39. The van der Waals surface area contributed by atoms with Crippen molar-refractivity contribution in [3.63, 3.8) is 0 Å². The molecule has 7 nitrogen and oxygen atoms in total. The lowest BCUT2D eigenvalue weighted by atomic mass is 9.98. The minimum Gasteiger partial charge on any atom is -0.337 e. The first-order valence-electron chi connectivity index (χ1n) is 5.62. The molecule has 8 heteroatoms. The number of hydrogen-bond acceptors (Lipinski definition) is 6. The first kappa shape index (κ1) is 12.8. The van der Waals surface area contributed by atoms with Gasteiger partial charge in [-0.2, -0.15) is 5.26 Å². The summed E-state index contributed by atoms with van der Waals surface area (Å²) in [6.07, 6.45) is 2.01. The van der Waals surface area contributed by atoms with Crippen molar-refractivity contribution in [2.75, 3.05) is 5.75 Å². The maximum absolute atomic E-state index is 11.8. The summed E-state index contributed by atoms with van der Waals surface area (Å²) in [5, 5.41) is 23.4. The number of thioether (sulfide) groups is 1. The van der Waals surface area contributed by atoms with Crippen LogP contribution in [-0.2, 0) is 11.8 Å². The molecule has 0 bridgehead atoms. The average Bonchev–Trinajstić information content (AvgIpc) is 3.12. The van der Waals surface area contributed by atoms with Gasteiger partial charge in [0.05, 0.1) is 11.8 Å². The van der Waals surface area contributed by atoms with Crippen LogP contribution in [0.5, 0.6) is 0 Å². The number of tetrazole rings is 1. The third kappa shape index (κ3) is 2.79. The highest BCUT2D eigenvalue weighted by Gasteiger charge is 2.42. The fraction of sp³-hybridized carbons (Fsp3) is 0.700. The zero-order chi connectivity index (χ0) is 13.2. The largest absolute Gasteiger partial charge is 0.337 e. The second-order valence-electron chi connectivity index (χ2n) is 4.51. The third-order valence-corrected chi connectivity index (χ3v) is 3.95. The van der Waals surface area contributed by atoms with Gasteiger partial charge in [-0.15, -0.1) is 5.10 Å². The molecular weight excluding hydrogens is 252 g/mol. The fourth-order valence-corrected chi connectivity index (χ4v) is 2.33. The molecule has 1 aromatic heterocycles. The minimum absolute atomic E-state index is 0.168. The van der Waals surface area contributed by atoms with E-state index < -0.39 is 5.54 Å². The Morgan fingerprint density at radius 1 is 1.72 bits per heavy atom. The van der Waals surface area contributed by atoms with Gasteiger partial charge in [-0.1, -0.05) is 11.8 Å². The SMILES string of the molecule is Cn1nnnc1SCC(=O)N[C@@](C)(C#N)C1CC1. The number of nitrogens with zero attached hydrogens (tertiary/aromatic N) is 5. The zero-order valence-electron chi connectivity index (χ0n) is 10.3. The molecule has 1 saturated carbocycles. The van der Waals surface area contributed by atoms with Gasteiger partial charge >= 0.3 is 0 Å². The van der Waals surface area contributed by atoms with Crippen LogP contribution in [-0.4, -0.2) is 37.4 Å². The van der Waals surface area contributed by atoms with E-state index >= 15 is 0 Å². The van der Waals surface area contributed by atoms with Gasteiger partial charge in [0, 0.05) is 7.05 Å². The van der Waals surface area contributed by atoms with E-state index in [1.54, 1.807) is 14.0 Å². The molecule has 1 fully saturated rings. The lowest BCUT2D eigenvalue weighted by Crippen LogP contribution is -2.47. The van der Waals surface area contributed by atoms with Gasteiger partial charge in [0.1, 0.15) is 5.54 Å². The molecule has 1 amide bonds. The van der Waals surface area contributed by atoms with E-state index in [9.17, 15) is 4.79 Å². The number of nitrogens with one attached hydrogen (secondary N) is 1. The Morgan fingerprint density at radius 2 is 2.44 bits per heavy atom. The Kier molecular flexibility index (Phi) is 3.52. The predicted octanol–water partition coefficient (Wildman–Crippen LogP) is 0.111. The molecule has 1 atom stereocenters. The molecule has 0 saturated heterocycles. The van der Waals surface area contributed by atoms with Crippen LogP contribution in [0.1, 0.15) is 19.8 Å². The van der Waals surface area contributed by atoms with Crippen LogP contribution in [0.3, 0.4) is 0 Å². The predicted molar refractivity (Wildman–Crippen MR) is 64.4 cm³/mol. The van der Waals surface area contributed by atoms with Crippen LogP contribution in [0.2, 0.25) is 0 Å².